The molecule has 5 heteroatoms. The first-order chi connectivity index (χ1) is 8.16. The highest BCUT2D eigenvalue weighted by Crippen LogP contribution is 2.23. The lowest BCUT2D eigenvalue weighted by molar-refractivity contribution is 0.146. The Morgan fingerprint density at radius 1 is 1.47 bits per heavy atom. The first-order valence-electron chi connectivity index (χ1n) is 5.70. The van der Waals surface area contributed by atoms with Gasteiger partial charge in [-0.05, 0) is 33.6 Å². The van der Waals surface area contributed by atoms with Crippen molar-refractivity contribution in [1.82, 2.24) is 10.6 Å². The SMILES string of the molecule is OC1CNCC1CNCc1ccc(Cl)c(Br)c1. The molecule has 1 saturated heterocycles. The largest absolute Gasteiger partial charge is 0.391 e. The number of aliphatic hydroxyl groups excluding tert-OH is 1. The molecule has 1 aromatic rings. The minimum absolute atomic E-state index is 0.223. The molecule has 1 fully saturated rings. The second kappa shape index (κ2) is 6.16. The topological polar surface area (TPSA) is 44.3 Å². The average Bonchev–Trinajstić information content (AvgIpc) is 2.70. The predicted molar refractivity (Wildman–Crippen MR) is 73.2 cm³/mol. The number of rotatable bonds is 4. The van der Waals surface area contributed by atoms with Gasteiger partial charge in [-0.15, -0.1) is 0 Å². The minimum atomic E-state index is -0.223. The Morgan fingerprint density at radius 2 is 2.29 bits per heavy atom. The zero-order chi connectivity index (χ0) is 12.3. The van der Waals surface area contributed by atoms with Crippen LogP contribution in [0, 0.1) is 5.92 Å². The maximum absolute atomic E-state index is 9.64. The van der Waals surface area contributed by atoms with Crippen LogP contribution in [0.15, 0.2) is 22.7 Å². The Kier molecular flexibility index (Phi) is 4.82. The Hall–Kier alpha value is -0.130. The first-order valence-corrected chi connectivity index (χ1v) is 6.87. The van der Waals surface area contributed by atoms with Gasteiger partial charge in [-0.3, -0.25) is 0 Å². The highest BCUT2D eigenvalue weighted by atomic mass is 79.9. The van der Waals surface area contributed by atoms with Crippen molar-refractivity contribution in [1.29, 1.82) is 0 Å². The van der Waals surface area contributed by atoms with Crippen molar-refractivity contribution in [2.24, 2.45) is 5.92 Å². The Morgan fingerprint density at radius 3 is 2.94 bits per heavy atom. The van der Waals surface area contributed by atoms with Crippen LogP contribution in [0.1, 0.15) is 5.56 Å². The van der Waals surface area contributed by atoms with Crippen molar-refractivity contribution in [2.75, 3.05) is 19.6 Å². The van der Waals surface area contributed by atoms with Crippen LogP contribution in [0.3, 0.4) is 0 Å². The van der Waals surface area contributed by atoms with Crippen LogP contribution in [0.2, 0.25) is 5.02 Å². The molecule has 17 heavy (non-hydrogen) atoms. The maximum atomic E-state index is 9.64. The van der Waals surface area contributed by atoms with Gasteiger partial charge in [-0.1, -0.05) is 17.7 Å². The number of aliphatic hydroxyl groups is 1. The molecule has 3 N–H and O–H groups in total. The summed E-state index contributed by atoms with van der Waals surface area (Å²) in [7, 11) is 0. The lowest BCUT2D eigenvalue weighted by atomic mass is 10.1. The van der Waals surface area contributed by atoms with Crippen molar-refractivity contribution in [3.63, 3.8) is 0 Å². The zero-order valence-electron chi connectivity index (χ0n) is 9.42. The maximum Gasteiger partial charge on any atom is 0.0716 e. The molecule has 0 aliphatic carbocycles. The Balaban J connectivity index is 1.79. The summed E-state index contributed by atoms with van der Waals surface area (Å²) in [5.74, 6) is 0.311. The van der Waals surface area contributed by atoms with E-state index in [1.165, 1.54) is 5.56 Å². The van der Waals surface area contributed by atoms with Crippen molar-refractivity contribution in [3.8, 4) is 0 Å². The third-order valence-electron chi connectivity index (χ3n) is 3.02. The molecule has 0 spiro atoms. The van der Waals surface area contributed by atoms with Gasteiger partial charge in [-0.25, -0.2) is 0 Å². The Labute approximate surface area is 115 Å². The second-order valence-electron chi connectivity index (χ2n) is 4.37. The van der Waals surface area contributed by atoms with Gasteiger partial charge in [0, 0.05) is 36.6 Å². The molecule has 3 nitrogen and oxygen atoms in total. The van der Waals surface area contributed by atoms with Gasteiger partial charge in [-0.2, -0.15) is 0 Å². The summed E-state index contributed by atoms with van der Waals surface area (Å²) in [4.78, 5) is 0. The van der Waals surface area contributed by atoms with Crippen molar-refractivity contribution in [3.05, 3.63) is 33.3 Å². The van der Waals surface area contributed by atoms with Gasteiger partial charge in [0.25, 0.3) is 0 Å². The molecular weight excluding hydrogens is 304 g/mol. The fourth-order valence-corrected chi connectivity index (χ4v) is 2.52. The summed E-state index contributed by atoms with van der Waals surface area (Å²) in [5.41, 5.74) is 1.18. The normalized spacial score (nSPS) is 24.2. The van der Waals surface area contributed by atoms with Crippen LogP contribution < -0.4 is 10.6 Å². The number of hydrogen-bond donors (Lipinski definition) is 3. The van der Waals surface area contributed by atoms with E-state index in [2.05, 4.69) is 26.6 Å². The van der Waals surface area contributed by atoms with E-state index in [0.717, 1.165) is 29.1 Å². The van der Waals surface area contributed by atoms with Crippen LogP contribution in [0.25, 0.3) is 0 Å². The molecule has 1 aliphatic rings. The quantitative estimate of drug-likeness (QED) is 0.792. The molecular formula is C12H16BrClN2O. The van der Waals surface area contributed by atoms with E-state index in [9.17, 15) is 5.11 Å². The molecule has 0 saturated carbocycles. The van der Waals surface area contributed by atoms with Crippen molar-refractivity contribution >= 4 is 27.5 Å². The van der Waals surface area contributed by atoms with Crippen molar-refractivity contribution < 1.29 is 5.11 Å². The lowest BCUT2D eigenvalue weighted by Crippen LogP contribution is -2.30. The van der Waals surface area contributed by atoms with Crippen LogP contribution in [-0.2, 0) is 6.54 Å². The molecule has 2 rings (SSSR count). The van der Waals surface area contributed by atoms with Gasteiger partial charge in [0.15, 0.2) is 0 Å². The van der Waals surface area contributed by atoms with Crippen LogP contribution >= 0.6 is 27.5 Å². The average molecular weight is 320 g/mol. The highest BCUT2D eigenvalue weighted by Gasteiger charge is 2.23. The first kappa shape index (κ1) is 13.3. The summed E-state index contributed by atoms with van der Waals surface area (Å²) in [6.45, 7) is 3.21. The van der Waals surface area contributed by atoms with E-state index in [4.69, 9.17) is 11.6 Å². The third-order valence-corrected chi connectivity index (χ3v) is 4.24. The van der Waals surface area contributed by atoms with Gasteiger partial charge in [0.2, 0.25) is 0 Å². The Bertz CT molecular complexity index is 389. The second-order valence-corrected chi connectivity index (χ2v) is 5.63. The van der Waals surface area contributed by atoms with E-state index >= 15 is 0 Å². The van der Waals surface area contributed by atoms with Crippen molar-refractivity contribution in [2.45, 2.75) is 12.6 Å². The predicted octanol–water partition coefficient (Wildman–Crippen LogP) is 1.77. The molecule has 0 radical (unpaired) electrons. The van der Waals surface area contributed by atoms with E-state index in [1.807, 2.05) is 18.2 Å². The van der Waals surface area contributed by atoms with E-state index in [0.29, 0.717) is 12.5 Å². The number of β-amino-alcohol motifs (C(OH)–C–C–N with tert-alkyl or cyclic N) is 1. The smallest absolute Gasteiger partial charge is 0.0716 e. The highest BCUT2D eigenvalue weighted by molar-refractivity contribution is 9.10. The molecule has 1 aromatic carbocycles. The monoisotopic (exact) mass is 318 g/mol. The molecule has 1 aliphatic heterocycles. The molecule has 2 atom stereocenters. The summed E-state index contributed by atoms with van der Waals surface area (Å²) in [6, 6.07) is 5.90. The lowest BCUT2D eigenvalue weighted by Gasteiger charge is -2.14. The molecule has 1 heterocycles. The van der Waals surface area contributed by atoms with Crippen LogP contribution in [0.4, 0.5) is 0 Å². The molecule has 0 amide bonds. The van der Waals surface area contributed by atoms with Gasteiger partial charge < -0.3 is 15.7 Å². The standard InChI is InChI=1S/C12H16BrClN2O/c13-10-3-8(1-2-11(10)14)4-15-5-9-6-16-7-12(9)17/h1-3,9,12,15-17H,4-7H2. The van der Waals surface area contributed by atoms with Crippen LogP contribution in [-0.4, -0.2) is 30.8 Å². The number of nitrogens with one attached hydrogen (secondary N) is 2. The third kappa shape index (κ3) is 3.66. The molecule has 2 unspecified atom stereocenters. The summed E-state index contributed by atoms with van der Waals surface area (Å²) < 4.78 is 0.918. The fraction of sp³-hybridized carbons (Fsp3) is 0.500. The van der Waals surface area contributed by atoms with E-state index in [-0.39, 0.29) is 6.10 Å². The summed E-state index contributed by atoms with van der Waals surface area (Å²) in [5, 5.41) is 16.9. The van der Waals surface area contributed by atoms with Gasteiger partial charge in [0.05, 0.1) is 11.1 Å². The molecule has 94 valence electrons. The minimum Gasteiger partial charge on any atom is -0.391 e. The molecule has 0 aromatic heterocycles. The van der Waals surface area contributed by atoms with E-state index < -0.39 is 0 Å². The number of hydrogen-bond acceptors (Lipinski definition) is 3. The summed E-state index contributed by atoms with van der Waals surface area (Å²) in [6.07, 6.45) is -0.223. The fourth-order valence-electron chi connectivity index (χ4n) is 1.98. The van der Waals surface area contributed by atoms with Gasteiger partial charge in [0.1, 0.15) is 0 Å². The number of halogens is 2. The van der Waals surface area contributed by atoms with Gasteiger partial charge >= 0.3 is 0 Å². The van der Waals surface area contributed by atoms with Crippen LogP contribution in [0.5, 0.6) is 0 Å². The molecule has 0 bridgehead atoms. The van der Waals surface area contributed by atoms with E-state index in [1.54, 1.807) is 0 Å². The number of benzene rings is 1. The zero-order valence-corrected chi connectivity index (χ0v) is 11.8. The summed E-state index contributed by atoms with van der Waals surface area (Å²) >= 11 is 9.33.